The van der Waals surface area contributed by atoms with Gasteiger partial charge in [0.2, 0.25) is 0 Å². The summed E-state index contributed by atoms with van der Waals surface area (Å²) in [5.74, 6) is 0.273. The molecule has 1 aliphatic heterocycles. The lowest BCUT2D eigenvalue weighted by Crippen LogP contribution is -2.15. The standard InChI is InChI=1S/C14H9BrO3/c15-14-10-4-2-1-3-9(10)5-6-11(14)17-13-8-7-12(16)18-13/h1-8,13H. The van der Waals surface area contributed by atoms with Crippen molar-refractivity contribution in [2.24, 2.45) is 0 Å². The Kier molecular flexibility index (Phi) is 2.80. The number of hydrogen-bond donors (Lipinski definition) is 0. The lowest BCUT2D eigenvalue weighted by Gasteiger charge is -2.14. The van der Waals surface area contributed by atoms with Crippen molar-refractivity contribution in [1.82, 2.24) is 0 Å². The van der Waals surface area contributed by atoms with E-state index in [1.165, 1.54) is 6.08 Å². The van der Waals surface area contributed by atoms with Crippen molar-refractivity contribution in [3.63, 3.8) is 0 Å². The number of hydrogen-bond acceptors (Lipinski definition) is 3. The van der Waals surface area contributed by atoms with Crippen LogP contribution in [0.25, 0.3) is 10.8 Å². The predicted molar refractivity (Wildman–Crippen MR) is 71.3 cm³/mol. The van der Waals surface area contributed by atoms with Crippen LogP contribution in [-0.2, 0) is 9.53 Å². The molecular formula is C14H9BrO3. The van der Waals surface area contributed by atoms with E-state index >= 15 is 0 Å². The highest BCUT2D eigenvalue weighted by Gasteiger charge is 2.19. The minimum atomic E-state index is -0.644. The fraction of sp³-hybridized carbons (Fsp3) is 0.0714. The molecule has 0 fully saturated rings. The second-order valence-electron chi connectivity index (χ2n) is 3.88. The zero-order chi connectivity index (χ0) is 12.5. The molecule has 3 nitrogen and oxygen atoms in total. The Balaban J connectivity index is 1.95. The molecule has 0 radical (unpaired) electrons. The van der Waals surface area contributed by atoms with Gasteiger partial charge in [0.05, 0.1) is 4.47 Å². The molecule has 1 aliphatic rings. The quantitative estimate of drug-likeness (QED) is 0.798. The third kappa shape index (κ3) is 1.99. The van der Waals surface area contributed by atoms with E-state index in [4.69, 9.17) is 9.47 Å². The Hall–Kier alpha value is -1.81. The van der Waals surface area contributed by atoms with Crippen molar-refractivity contribution >= 4 is 32.7 Å². The van der Waals surface area contributed by atoms with Gasteiger partial charge >= 0.3 is 5.97 Å². The van der Waals surface area contributed by atoms with Gasteiger partial charge in [-0.2, -0.15) is 0 Å². The van der Waals surface area contributed by atoms with E-state index in [9.17, 15) is 4.79 Å². The van der Waals surface area contributed by atoms with Crippen molar-refractivity contribution in [1.29, 1.82) is 0 Å². The van der Waals surface area contributed by atoms with Crippen LogP contribution >= 0.6 is 15.9 Å². The normalized spacial score (nSPS) is 18.1. The second-order valence-corrected chi connectivity index (χ2v) is 4.67. The van der Waals surface area contributed by atoms with Crippen LogP contribution in [0.1, 0.15) is 0 Å². The summed E-state index contributed by atoms with van der Waals surface area (Å²) in [7, 11) is 0. The van der Waals surface area contributed by atoms with Crippen molar-refractivity contribution in [2.75, 3.05) is 0 Å². The topological polar surface area (TPSA) is 35.5 Å². The molecule has 90 valence electrons. The Labute approximate surface area is 112 Å². The van der Waals surface area contributed by atoms with E-state index in [0.29, 0.717) is 5.75 Å². The molecule has 0 spiro atoms. The minimum absolute atomic E-state index is 0.378. The van der Waals surface area contributed by atoms with E-state index in [-0.39, 0.29) is 5.97 Å². The van der Waals surface area contributed by atoms with Gasteiger partial charge < -0.3 is 9.47 Å². The van der Waals surface area contributed by atoms with Crippen LogP contribution in [0.2, 0.25) is 0 Å². The Bertz CT molecular complexity index is 649. The first-order valence-corrected chi connectivity index (χ1v) is 6.26. The maximum atomic E-state index is 10.9. The summed E-state index contributed by atoms with van der Waals surface area (Å²) >= 11 is 3.51. The maximum absolute atomic E-state index is 10.9. The Morgan fingerprint density at radius 3 is 2.78 bits per heavy atom. The van der Waals surface area contributed by atoms with Crippen LogP contribution in [-0.4, -0.2) is 12.3 Å². The predicted octanol–water partition coefficient (Wildman–Crippen LogP) is 3.42. The molecule has 2 aromatic carbocycles. The van der Waals surface area contributed by atoms with Crippen LogP contribution < -0.4 is 4.74 Å². The minimum Gasteiger partial charge on any atom is -0.450 e. The summed E-state index contributed by atoms with van der Waals surface area (Å²) in [5, 5.41) is 2.18. The highest BCUT2D eigenvalue weighted by atomic mass is 79.9. The Morgan fingerprint density at radius 2 is 2.00 bits per heavy atom. The fourth-order valence-corrected chi connectivity index (χ4v) is 2.43. The molecular weight excluding hydrogens is 296 g/mol. The summed E-state index contributed by atoms with van der Waals surface area (Å²) in [6, 6.07) is 11.8. The third-order valence-corrected chi connectivity index (χ3v) is 3.51. The van der Waals surface area contributed by atoms with Crippen molar-refractivity contribution in [2.45, 2.75) is 6.29 Å². The number of benzene rings is 2. The van der Waals surface area contributed by atoms with Gasteiger partial charge in [-0.1, -0.05) is 30.3 Å². The summed E-state index contributed by atoms with van der Waals surface area (Å²) in [4.78, 5) is 10.9. The van der Waals surface area contributed by atoms with Gasteiger partial charge in [-0.25, -0.2) is 4.79 Å². The molecule has 0 saturated heterocycles. The molecule has 0 aliphatic carbocycles. The first kappa shape index (κ1) is 11.3. The fourth-order valence-electron chi connectivity index (χ4n) is 1.84. The molecule has 0 amide bonds. The molecule has 1 heterocycles. The van der Waals surface area contributed by atoms with Gasteiger partial charge in [0.1, 0.15) is 5.75 Å². The molecule has 0 N–H and O–H groups in total. The lowest BCUT2D eigenvalue weighted by molar-refractivity contribution is -0.147. The molecule has 3 rings (SSSR count). The number of fused-ring (bicyclic) bond motifs is 1. The van der Waals surface area contributed by atoms with Crippen LogP contribution in [0, 0.1) is 0 Å². The summed E-state index contributed by atoms with van der Waals surface area (Å²) in [5.41, 5.74) is 0. The highest BCUT2D eigenvalue weighted by Crippen LogP contribution is 2.34. The van der Waals surface area contributed by atoms with E-state index in [0.717, 1.165) is 15.2 Å². The number of esters is 1. The van der Waals surface area contributed by atoms with Crippen LogP contribution in [0.5, 0.6) is 5.75 Å². The van der Waals surface area contributed by atoms with Gasteiger partial charge in [-0.3, -0.25) is 0 Å². The van der Waals surface area contributed by atoms with Crippen molar-refractivity contribution in [3.8, 4) is 5.75 Å². The van der Waals surface area contributed by atoms with Crippen LogP contribution in [0.3, 0.4) is 0 Å². The molecule has 18 heavy (non-hydrogen) atoms. The van der Waals surface area contributed by atoms with E-state index in [2.05, 4.69) is 15.9 Å². The summed E-state index contributed by atoms with van der Waals surface area (Å²) in [6.07, 6.45) is 2.30. The van der Waals surface area contributed by atoms with E-state index in [1.807, 2.05) is 36.4 Å². The molecule has 1 atom stereocenters. The number of carbonyl (C=O) groups excluding carboxylic acids is 1. The number of halogens is 1. The van der Waals surface area contributed by atoms with E-state index < -0.39 is 6.29 Å². The third-order valence-electron chi connectivity index (χ3n) is 2.69. The number of rotatable bonds is 2. The molecule has 1 unspecified atom stereocenters. The monoisotopic (exact) mass is 304 g/mol. The molecule has 2 aromatic rings. The Morgan fingerprint density at radius 1 is 1.17 bits per heavy atom. The van der Waals surface area contributed by atoms with Gasteiger partial charge in [-0.05, 0) is 32.8 Å². The van der Waals surface area contributed by atoms with E-state index in [1.54, 1.807) is 6.08 Å². The van der Waals surface area contributed by atoms with Gasteiger partial charge in [-0.15, -0.1) is 0 Å². The first-order chi connectivity index (χ1) is 8.74. The number of ether oxygens (including phenoxy) is 2. The first-order valence-electron chi connectivity index (χ1n) is 5.47. The highest BCUT2D eigenvalue weighted by molar-refractivity contribution is 9.10. The largest absolute Gasteiger partial charge is 0.450 e. The molecule has 0 saturated carbocycles. The summed E-state index contributed by atoms with van der Waals surface area (Å²) in [6.45, 7) is 0. The smallest absolute Gasteiger partial charge is 0.334 e. The maximum Gasteiger partial charge on any atom is 0.334 e. The summed E-state index contributed by atoms with van der Waals surface area (Å²) < 4.78 is 11.4. The van der Waals surface area contributed by atoms with Gasteiger partial charge in [0, 0.05) is 12.2 Å². The second kappa shape index (κ2) is 4.46. The SMILES string of the molecule is O=C1C=CC(Oc2ccc3ccccc3c2Br)O1. The zero-order valence-corrected chi connectivity index (χ0v) is 10.9. The van der Waals surface area contributed by atoms with Crippen LogP contribution in [0.15, 0.2) is 53.0 Å². The van der Waals surface area contributed by atoms with Gasteiger partial charge in [0.25, 0.3) is 6.29 Å². The van der Waals surface area contributed by atoms with Crippen molar-refractivity contribution < 1.29 is 14.3 Å². The van der Waals surface area contributed by atoms with Crippen molar-refractivity contribution in [3.05, 3.63) is 53.0 Å². The average Bonchev–Trinajstić information content (AvgIpc) is 2.79. The number of carbonyl (C=O) groups is 1. The van der Waals surface area contributed by atoms with Gasteiger partial charge in [0.15, 0.2) is 0 Å². The molecule has 0 aromatic heterocycles. The lowest BCUT2D eigenvalue weighted by atomic mass is 10.1. The average molecular weight is 305 g/mol. The zero-order valence-electron chi connectivity index (χ0n) is 9.30. The van der Waals surface area contributed by atoms with Crippen LogP contribution in [0.4, 0.5) is 0 Å². The number of cyclic esters (lactones) is 1. The molecule has 0 bridgehead atoms. The molecule has 4 heteroatoms.